The number of H-pyrrole nitrogens is 1. The molecule has 2 atom stereocenters. The van der Waals surface area contributed by atoms with Gasteiger partial charge in [-0.2, -0.15) is 5.10 Å². The van der Waals surface area contributed by atoms with Gasteiger partial charge in [0.25, 0.3) is 5.91 Å². The molecule has 0 aliphatic carbocycles. The predicted molar refractivity (Wildman–Crippen MR) is 124 cm³/mol. The quantitative estimate of drug-likeness (QED) is 0.525. The first-order chi connectivity index (χ1) is 16.2. The van der Waals surface area contributed by atoms with Gasteiger partial charge in [-0.05, 0) is 42.3 Å². The van der Waals surface area contributed by atoms with E-state index in [1.54, 1.807) is 35.2 Å². The lowest BCUT2D eigenvalue weighted by Gasteiger charge is -2.31. The molecule has 1 amide bonds. The van der Waals surface area contributed by atoms with Crippen molar-refractivity contribution in [3.8, 4) is 17.0 Å². The third-order valence-corrected chi connectivity index (χ3v) is 8.25. The average Bonchev–Trinajstić information content (AvgIpc) is 3.48. The molecule has 5 rings (SSSR count). The van der Waals surface area contributed by atoms with Crippen LogP contribution >= 0.6 is 11.6 Å². The van der Waals surface area contributed by atoms with Crippen LogP contribution in [0.4, 0.5) is 0 Å². The van der Waals surface area contributed by atoms with Crippen molar-refractivity contribution in [1.82, 2.24) is 15.1 Å². The molecule has 11 heteroatoms. The molecule has 3 aromatic rings. The molecule has 1 saturated heterocycles. The van der Waals surface area contributed by atoms with E-state index in [2.05, 4.69) is 10.2 Å². The number of carbonyl (C=O) groups is 2. The van der Waals surface area contributed by atoms with Gasteiger partial charge in [-0.1, -0.05) is 23.7 Å². The van der Waals surface area contributed by atoms with E-state index in [4.69, 9.17) is 16.3 Å². The number of aromatic nitrogens is 2. The van der Waals surface area contributed by atoms with Crippen molar-refractivity contribution in [1.29, 1.82) is 0 Å². The van der Waals surface area contributed by atoms with Crippen LogP contribution in [0, 0.1) is 0 Å². The summed E-state index contributed by atoms with van der Waals surface area (Å²) in [5.41, 5.74) is 2.42. The molecule has 3 heterocycles. The highest BCUT2D eigenvalue weighted by Gasteiger charge is 2.48. The Hall–Kier alpha value is -3.37. The Kier molecular flexibility index (Phi) is 5.37. The van der Waals surface area contributed by atoms with E-state index >= 15 is 0 Å². The molecule has 2 aliphatic heterocycles. The highest BCUT2D eigenvalue weighted by atomic mass is 35.5. The normalized spacial score (nSPS) is 21.0. The number of phenols is 1. The second kappa shape index (κ2) is 8.14. The molecule has 2 N–H and O–H groups in total. The molecule has 0 spiro atoms. The molecule has 0 bridgehead atoms. The summed E-state index contributed by atoms with van der Waals surface area (Å²) in [5, 5.41) is 17.9. The van der Waals surface area contributed by atoms with E-state index in [1.807, 2.05) is 0 Å². The van der Waals surface area contributed by atoms with Crippen molar-refractivity contribution in [2.24, 2.45) is 0 Å². The highest BCUT2D eigenvalue weighted by Crippen LogP contribution is 2.46. The molecular formula is C23H20ClN3O6S. The van der Waals surface area contributed by atoms with Crippen LogP contribution in [0.5, 0.6) is 5.75 Å². The van der Waals surface area contributed by atoms with Crippen molar-refractivity contribution in [3.05, 3.63) is 69.9 Å². The number of rotatable bonds is 4. The maximum absolute atomic E-state index is 13.5. The number of sulfone groups is 1. The predicted octanol–water partition coefficient (Wildman–Crippen LogP) is 2.95. The molecule has 2 aliphatic rings. The van der Waals surface area contributed by atoms with E-state index in [0.717, 1.165) is 0 Å². The minimum Gasteiger partial charge on any atom is -0.507 e. The Morgan fingerprint density at radius 1 is 1.24 bits per heavy atom. The number of hydrogen-bond acceptors (Lipinski definition) is 7. The van der Waals surface area contributed by atoms with E-state index in [9.17, 15) is 23.1 Å². The van der Waals surface area contributed by atoms with Crippen molar-refractivity contribution >= 4 is 33.3 Å². The van der Waals surface area contributed by atoms with Crippen molar-refractivity contribution in [2.75, 3.05) is 18.6 Å². The van der Waals surface area contributed by atoms with Crippen LogP contribution in [0.25, 0.3) is 11.3 Å². The maximum atomic E-state index is 13.5. The number of hydrogen-bond donors (Lipinski definition) is 2. The Morgan fingerprint density at radius 3 is 2.62 bits per heavy atom. The number of nitrogens with one attached hydrogen (secondary N) is 1. The van der Waals surface area contributed by atoms with Gasteiger partial charge in [-0.15, -0.1) is 0 Å². The van der Waals surface area contributed by atoms with E-state index in [1.165, 1.54) is 19.2 Å². The second-order valence-electron chi connectivity index (χ2n) is 8.31. The number of phenolic OH excluding ortho intramolecular Hbond substituents is 1. The summed E-state index contributed by atoms with van der Waals surface area (Å²) < 4.78 is 29.2. The maximum Gasteiger partial charge on any atom is 0.337 e. The zero-order chi connectivity index (χ0) is 24.2. The van der Waals surface area contributed by atoms with Gasteiger partial charge >= 0.3 is 5.97 Å². The molecule has 9 nitrogen and oxygen atoms in total. The topological polar surface area (TPSA) is 130 Å². The summed E-state index contributed by atoms with van der Waals surface area (Å²) in [6.45, 7) is 0. The van der Waals surface area contributed by atoms with Crippen LogP contribution in [0.2, 0.25) is 5.02 Å². The molecule has 34 heavy (non-hydrogen) atoms. The fourth-order valence-corrected chi connectivity index (χ4v) is 6.57. The molecule has 0 saturated carbocycles. The Bertz CT molecular complexity index is 1420. The summed E-state index contributed by atoms with van der Waals surface area (Å²) in [4.78, 5) is 27.0. The molecule has 2 aromatic carbocycles. The minimum atomic E-state index is -3.27. The number of ether oxygens (including phenoxy) is 1. The molecule has 1 fully saturated rings. The Balaban J connectivity index is 1.67. The third-order valence-electron chi connectivity index (χ3n) is 6.27. The lowest BCUT2D eigenvalue weighted by Crippen LogP contribution is -2.40. The number of halogens is 1. The smallest absolute Gasteiger partial charge is 0.337 e. The first kappa shape index (κ1) is 22.4. The van der Waals surface area contributed by atoms with Crippen molar-refractivity contribution in [3.63, 3.8) is 0 Å². The number of amides is 1. The summed E-state index contributed by atoms with van der Waals surface area (Å²) >= 11 is 6.15. The lowest BCUT2D eigenvalue weighted by atomic mass is 9.94. The average molecular weight is 502 g/mol. The third kappa shape index (κ3) is 3.63. The van der Waals surface area contributed by atoms with Gasteiger partial charge in [0.1, 0.15) is 17.1 Å². The monoisotopic (exact) mass is 501 g/mol. The van der Waals surface area contributed by atoms with Crippen LogP contribution in [-0.2, 0) is 14.6 Å². The van der Waals surface area contributed by atoms with Gasteiger partial charge in [0.2, 0.25) is 0 Å². The Labute approximate surface area is 200 Å². The van der Waals surface area contributed by atoms with Gasteiger partial charge < -0.3 is 14.7 Å². The molecule has 2 unspecified atom stereocenters. The summed E-state index contributed by atoms with van der Waals surface area (Å²) in [7, 11) is -1.98. The minimum absolute atomic E-state index is 0.00354. The van der Waals surface area contributed by atoms with E-state index < -0.39 is 27.9 Å². The number of nitrogens with zero attached hydrogens (tertiary/aromatic N) is 2. The van der Waals surface area contributed by atoms with Crippen molar-refractivity contribution in [2.45, 2.75) is 18.5 Å². The number of carbonyl (C=O) groups excluding carboxylic acids is 2. The van der Waals surface area contributed by atoms with Crippen LogP contribution in [0.15, 0.2) is 42.5 Å². The standard InChI is InChI=1S/C23H20ClN3O6S/c1-33-23(30)13-4-2-12(3-5-13)21-18-19(16-10-14(24)6-7-17(16)28)25-26-20(18)22(29)27(21)15-8-9-34(31,32)11-15/h2-7,10,15,21,28H,8-9,11H2,1H3,(H,25,26). The van der Waals surface area contributed by atoms with Crippen molar-refractivity contribution < 1.29 is 27.9 Å². The van der Waals surface area contributed by atoms with Gasteiger partial charge in [0, 0.05) is 22.2 Å². The number of fused-ring (bicyclic) bond motifs is 1. The first-order valence-corrected chi connectivity index (χ1v) is 12.7. The summed E-state index contributed by atoms with van der Waals surface area (Å²) in [5.74, 6) is -1.07. The van der Waals surface area contributed by atoms with Crippen LogP contribution in [0.1, 0.15) is 44.4 Å². The fourth-order valence-electron chi connectivity index (χ4n) is 4.69. The zero-order valence-corrected chi connectivity index (χ0v) is 19.6. The van der Waals surface area contributed by atoms with E-state index in [-0.39, 0.29) is 28.9 Å². The fraction of sp³-hybridized carbons (Fsp3) is 0.261. The largest absolute Gasteiger partial charge is 0.507 e. The summed E-state index contributed by atoms with van der Waals surface area (Å²) in [6.07, 6.45) is 0.320. The van der Waals surface area contributed by atoms with Gasteiger partial charge in [0.05, 0.1) is 30.2 Å². The lowest BCUT2D eigenvalue weighted by molar-refractivity contribution is 0.0599. The molecule has 176 valence electrons. The van der Waals surface area contributed by atoms with E-state index in [0.29, 0.717) is 39.4 Å². The second-order valence-corrected chi connectivity index (χ2v) is 11.0. The van der Waals surface area contributed by atoms with Crippen LogP contribution in [0.3, 0.4) is 0 Å². The zero-order valence-electron chi connectivity index (χ0n) is 18.0. The number of esters is 1. The summed E-state index contributed by atoms with van der Waals surface area (Å²) in [6, 6.07) is 9.90. The molecule has 1 aromatic heterocycles. The highest BCUT2D eigenvalue weighted by molar-refractivity contribution is 7.91. The number of aromatic hydroxyl groups is 1. The van der Waals surface area contributed by atoms with Gasteiger partial charge in [-0.3, -0.25) is 9.89 Å². The number of benzene rings is 2. The van der Waals surface area contributed by atoms with Crippen LogP contribution < -0.4 is 0 Å². The number of aromatic amines is 1. The van der Waals surface area contributed by atoms with Gasteiger partial charge in [-0.25, -0.2) is 13.2 Å². The SMILES string of the molecule is COC(=O)c1ccc(C2c3c(-c4cc(Cl)ccc4O)n[nH]c3C(=O)N2C2CCS(=O)(=O)C2)cc1. The number of methoxy groups -OCH3 is 1. The molecular weight excluding hydrogens is 482 g/mol. The van der Waals surface area contributed by atoms with Gasteiger partial charge in [0.15, 0.2) is 9.84 Å². The molecule has 0 radical (unpaired) electrons. The van der Waals surface area contributed by atoms with Crippen LogP contribution in [-0.4, -0.2) is 65.2 Å². The Morgan fingerprint density at radius 2 is 1.97 bits per heavy atom. The first-order valence-electron chi connectivity index (χ1n) is 10.5.